The molecule has 3 rings (SSSR count). The standard InChI is InChI=1S/C15H18BrFN2S/c1-9-4-2-3-5-10(9)8-19-14-7-12(17)11(16)6-13(14)18-15(19)20/h6-7,9-10H,2-5,8H2,1H3,(H,18,20). The van der Waals surface area contributed by atoms with E-state index in [2.05, 4.69) is 32.4 Å². The Hall–Kier alpha value is -0.680. The second-order valence-corrected chi connectivity index (χ2v) is 7.09. The van der Waals surface area contributed by atoms with E-state index in [0.29, 0.717) is 15.2 Å². The summed E-state index contributed by atoms with van der Waals surface area (Å²) in [5.41, 5.74) is 1.76. The summed E-state index contributed by atoms with van der Waals surface area (Å²) in [6, 6.07) is 3.33. The number of hydrogen-bond donors (Lipinski definition) is 1. The molecule has 108 valence electrons. The molecule has 1 saturated carbocycles. The van der Waals surface area contributed by atoms with Crippen LogP contribution in [0.4, 0.5) is 4.39 Å². The predicted octanol–water partition coefficient (Wildman–Crippen LogP) is 5.43. The Kier molecular flexibility index (Phi) is 4.00. The van der Waals surface area contributed by atoms with Crippen LogP contribution in [0.3, 0.4) is 0 Å². The molecule has 20 heavy (non-hydrogen) atoms. The van der Waals surface area contributed by atoms with Crippen LogP contribution in [0.5, 0.6) is 0 Å². The average Bonchev–Trinajstić information content (AvgIpc) is 2.69. The molecule has 1 N–H and O–H groups in total. The van der Waals surface area contributed by atoms with Crippen LogP contribution in [0, 0.1) is 22.4 Å². The van der Waals surface area contributed by atoms with E-state index in [4.69, 9.17) is 12.2 Å². The van der Waals surface area contributed by atoms with Crippen molar-refractivity contribution < 1.29 is 4.39 Å². The molecule has 0 radical (unpaired) electrons. The number of rotatable bonds is 2. The van der Waals surface area contributed by atoms with E-state index >= 15 is 0 Å². The van der Waals surface area contributed by atoms with Crippen LogP contribution >= 0.6 is 28.1 Å². The predicted molar refractivity (Wildman–Crippen MR) is 85.9 cm³/mol. The topological polar surface area (TPSA) is 20.7 Å². The van der Waals surface area contributed by atoms with E-state index in [9.17, 15) is 4.39 Å². The lowest BCUT2D eigenvalue weighted by Gasteiger charge is -2.29. The maximum atomic E-state index is 13.8. The van der Waals surface area contributed by atoms with Crippen molar-refractivity contribution in [3.63, 3.8) is 0 Å². The van der Waals surface area contributed by atoms with Crippen LogP contribution < -0.4 is 0 Å². The van der Waals surface area contributed by atoms with Gasteiger partial charge in [-0.15, -0.1) is 0 Å². The Balaban J connectivity index is 2.00. The van der Waals surface area contributed by atoms with Gasteiger partial charge in [0.2, 0.25) is 0 Å². The van der Waals surface area contributed by atoms with Crippen LogP contribution in [0.1, 0.15) is 32.6 Å². The van der Waals surface area contributed by atoms with Crippen molar-refractivity contribution >= 4 is 39.2 Å². The van der Waals surface area contributed by atoms with Crippen molar-refractivity contribution in [1.29, 1.82) is 0 Å². The lowest BCUT2D eigenvalue weighted by atomic mass is 9.80. The van der Waals surface area contributed by atoms with Crippen LogP contribution in [0.25, 0.3) is 11.0 Å². The number of aromatic nitrogens is 2. The zero-order valence-corrected chi connectivity index (χ0v) is 13.9. The first-order valence-corrected chi connectivity index (χ1v) is 8.34. The summed E-state index contributed by atoms with van der Waals surface area (Å²) in [7, 11) is 0. The van der Waals surface area contributed by atoms with Crippen LogP contribution in [-0.2, 0) is 6.54 Å². The van der Waals surface area contributed by atoms with Gasteiger partial charge in [-0.3, -0.25) is 0 Å². The van der Waals surface area contributed by atoms with Crippen molar-refractivity contribution in [3.05, 3.63) is 27.2 Å². The maximum Gasteiger partial charge on any atom is 0.178 e. The first-order valence-electron chi connectivity index (χ1n) is 7.14. The molecule has 0 aliphatic heterocycles. The molecule has 1 aliphatic carbocycles. The fraction of sp³-hybridized carbons (Fsp3) is 0.533. The first-order chi connectivity index (χ1) is 9.56. The SMILES string of the molecule is CC1CCCCC1Cn1c(=S)[nH]c2cc(Br)c(F)cc21. The number of aromatic amines is 1. The zero-order chi connectivity index (χ0) is 14.3. The molecule has 0 spiro atoms. The van der Waals surface area contributed by atoms with E-state index in [1.165, 1.54) is 25.7 Å². The van der Waals surface area contributed by atoms with Gasteiger partial charge < -0.3 is 9.55 Å². The number of halogens is 2. The van der Waals surface area contributed by atoms with Gasteiger partial charge >= 0.3 is 0 Å². The van der Waals surface area contributed by atoms with Crippen LogP contribution in [0.2, 0.25) is 0 Å². The van der Waals surface area contributed by atoms with Crippen molar-refractivity contribution in [2.45, 2.75) is 39.2 Å². The summed E-state index contributed by atoms with van der Waals surface area (Å²) in [4.78, 5) is 3.18. The van der Waals surface area contributed by atoms with Gasteiger partial charge in [0.1, 0.15) is 5.82 Å². The largest absolute Gasteiger partial charge is 0.331 e. The highest BCUT2D eigenvalue weighted by Gasteiger charge is 2.22. The van der Waals surface area contributed by atoms with Gasteiger partial charge in [-0.05, 0) is 52.5 Å². The van der Waals surface area contributed by atoms with Crippen LogP contribution in [-0.4, -0.2) is 9.55 Å². The molecule has 2 atom stereocenters. The second-order valence-electron chi connectivity index (χ2n) is 5.85. The van der Waals surface area contributed by atoms with E-state index in [0.717, 1.165) is 23.5 Å². The van der Waals surface area contributed by atoms with Gasteiger partial charge in [-0.1, -0.05) is 26.2 Å². The van der Waals surface area contributed by atoms with Crippen LogP contribution in [0.15, 0.2) is 16.6 Å². The Labute approximate surface area is 131 Å². The summed E-state index contributed by atoms with van der Waals surface area (Å²) in [6.07, 6.45) is 5.16. The van der Waals surface area contributed by atoms with Crippen molar-refractivity contribution in [2.24, 2.45) is 11.8 Å². The number of fused-ring (bicyclic) bond motifs is 1. The molecule has 2 aromatic rings. The number of H-pyrrole nitrogens is 1. The zero-order valence-electron chi connectivity index (χ0n) is 11.5. The molecular weight excluding hydrogens is 339 g/mol. The smallest absolute Gasteiger partial charge is 0.178 e. The maximum absolute atomic E-state index is 13.8. The Morgan fingerprint density at radius 2 is 2.15 bits per heavy atom. The number of benzene rings is 1. The van der Waals surface area contributed by atoms with E-state index in [1.807, 2.05) is 0 Å². The van der Waals surface area contributed by atoms with Gasteiger partial charge in [0.25, 0.3) is 0 Å². The summed E-state index contributed by atoms with van der Waals surface area (Å²) in [5, 5.41) is 0. The highest BCUT2D eigenvalue weighted by Crippen LogP contribution is 2.32. The molecule has 2 nitrogen and oxygen atoms in total. The van der Waals surface area contributed by atoms with Gasteiger partial charge in [-0.25, -0.2) is 4.39 Å². The molecule has 1 heterocycles. The van der Waals surface area contributed by atoms with Gasteiger partial charge in [0.05, 0.1) is 15.5 Å². The summed E-state index contributed by atoms with van der Waals surface area (Å²) < 4.78 is 17.0. The number of imidazole rings is 1. The van der Waals surface area contributed by atoms with Gasteiger partial charge in [0, 0.05) is 12.6 Å². The minimum Gasteiger partial charge on any atom is -0.331 e. The summed E-state index contributed by atoms with van der Waals surface area (Å²) >= 11 is 8.64. The Morgan fingerprint density at radius 3 is 2.90 bits per heavy atom. The molecule has 1 aliphatic rings. The Bertz CT molecular complexity index is 691. The lowest BCUT2D eigenvalue weighted by Crippen LogP contribution is -2.22. The van der Waals surface area contributed by atoms with Crippen molar-refractivity contribution in [3.8, 4) is 0 Å². The molecule has 0 bridgehead atoms. The Morgan fingerprint density at radius 1 is 1.40 bits per heavy atom. The lowest BCUT2D eigenvalue weighted by molar-refractivity contribution is 0.230. The van der Waals surface area contributed by atoms with Gasteiger partial charge in [-0.2, -0.15) is 0 Å². The summed E-state index contributed by atoms with van der Waals surface area (Å²) in [6.45, 7) is 3.21. The minimum absolute atomic E-state index is 0.239. The molecule has 0 amide bonds. The molecule has 1 aromatic heterocycles. The quantitative estimate of drug-likeness (QED) is 0.711. The molecule has 1 aromatic carbocycles. The monoisotopic (exact) mass is 356 g/mol. The molecule has 1 fully saturated rings. The molecule has 2 unspecified atom stereocenters. The fourth-order valence-electron chi connectivity index (χ4n) is 3.23. The third-order valence-corrected chi connectivity index (χ3v) is 5.45. The molecule has 5 heteroatoms. The number of nitrogens with one attached hydrogen (secondary N) is 1. The second kappa shape index (κ2) is 5.60. The van der Waals surface area contributed by atoms with Crippen molar-refractivity contribution in [1.82, 2.24) is 9.55 Å². The third kappa shape index (κ3) is 2.58. The number of nitrogens with zero attached hydrogens (tertiary/aromatic N) is 1. The minimum atomic E-state index is -0.239. The highest BCUT2D eigenvalue weighted by atomic mass is 79.9. The van der Waals surface area contributed by atoms with E-state index in [-0.39, 0.29) is 5.82 Å². The average molecular weight is 357 g/mol. The number of hydrogen-bond acceptors (Lipinski definition) is 1. The normalized spacial score (nSPS) is 23.4. The fourth-order valence-corrected chi connectivity index (χ4v) is 3.86. The highest BCUT2D eigenvalue weighted by molar-refractivity contribution is 9.10. The molecule has 0 saturated heterocycles. The molecular formula is C15H18BrFN2S. The van der Waals surface area contributed by atoms with Crippen molar-refractivity contribution in [2.75, 3.05) is 0 Å². The summed E-state index contributed by atoms with van der Waals surface area (Å²) in [5.74, 6) is 1.12. The van der Waals surface area contributed by atoms with Gasteiger partial charge in [0.15, 0.2) is 4.77 Å². The van der Waals surface area contributed by atoms with E-state index < -0.39 is 0 Å². The first kappa shape index (κ1) is 14.3. The third-order valence-electron chi connectivity index (χ3n) is 4.52. The van der Waals surface area contributed by atoms with E-state index in [1.54, 1.807) is 12.1 Å².